The molecule has 2 rings (SSSR count). The molecule has 0 aromatic heterocycles. The summed E-state index contributed by atoms with van der Waals surface area (Å²) in [6, 6.07) is 12.0. The van der Waals surface area contributed by atoms with Gasteiger partial charge in [0.2, 0.25) is 15.9 Å². The maximum Gasteiger partial charge on any atom is 0.244 e. The van der Waals surface area contributed by atoms with Crippen molar-refractivity contribution >= 4 is 15.9 Å². The Morgan fingerprint density at radius 1 is 1.04 bits per heavy atom. The van der Waals surface area contributed by atoms with Crippen LogP contribution >= 0.6 is 0 Å². The molecule has 0 aliphatic carbocycles. The van der Waals surface area contributed by atoms with Crippen molar-refractivity contribution in [2.75, 3.05) is 0 Å². The molecule has 2 N–H and O–H groups in total. The highest BCUT2D eigenvalue weighted by Crippen LogP contribution is 2.13. The predicted octanol–water partition coefficient (Wildman–Crippen LogP) is 2.89. The molecule has 0 heterocycles. The molecule has 0 saturated heterocycles. The number of carbonyl (C=O) groups excluding carboxylic acids is 1. The second-order valence-electron chi connectivity index (χ2n) is 6.04. The lowest BCUT2D eigenvalue weighted by Crippen LogP contribution is -2.24. The summed E-state index contributed by atoms with van der Waals surface area (Å²) >= 11 is 0. The molecule has 26 heavy (non-hydrogen) atoms. The Bertz CT molecular complexity index is 920. The van der Waals surface area contributed by atoms with Crippen molar-refractivity contribution in [3.05, 3.63) is 77.1 Å². The number of benzene rings is 2. The van der Waals surface area contributed by atoms with Gasteiger partial charge in [-0.05, 0) is 49.2 Å². The van der Waals surface area contributed by atoms with Gasteiger partial charge in [0.15, 0.2) is 0 Å². The second-order valence-corrected chi connectivity index (χ2v) is 7.81. The number of sulfonamides is 1. The highest BCUT2D eigenvalue weighted by atomic mass is 32.2. The lowest BCUT2D eigenvalue weighted by molar-refractivity contribution is -0.116. The average Bonchev–Trinajstić information content (AvgIpc) is 2.58. The Morgan fingerprint density at radius 2 is 1.69 bits per heavy atom. The minimum Gasteiger partial charge on any atom is -0.348 e. The fourth-order valence-electron chi connectivity index (χ4n) is 2.23. The predicted molar refractivity (Wildman–Crippen MR) is 98.1 cm³/mol. The lowest BCUT2D eigenvalue weighted by atomic mass is 10.2. The maximum absolute atomic E-state index is 13.2. The molecule has 0 bridgehead atoms. The number of allylic oxidation sites excluding steroid dienone is 1. The zero-order valence-corrected chi connectivity index (χ0v) is 15.4. The van der Waals surface area contributed by atoms with Gasteiger partial charge < -0.3 is 5.32 Å². The van der Waals surface area contributed by atoms with Crippen LogP contribution in [0.15, 0.2) is 65.1 Å². The standard InChI is InChI=1S/C19H21FN2O3S/c1-14(2)9-19(23)21-12-16-6-4-8-18(11-16)26(24,25)22-13-15-5-3-7-17(20)10-15/h3-11,22H,12-13H2,1-2H3,(H,21,23). The Balaban J connectivity index is 2.05. The van der Waals surface area contributed by atoms with Crippen molar-refractivity contribution in [2.45, 2.75) is 31.8 Å². The first-order valence-corrected chi connectivity index (χ1v) is 9.50. The molecule has 5 nitrogen and oxygen atoms in total. The summed E-state index contributed by atoms with van der Waals surface area (Å²) in [5, 5.41) is 2.70. The molecule has 0 aliphatic rings. The first-order valence-electron chi connectivity index (χ1n) is 8.02. The third-order valence-corrected chi connectivity index (χ3v) is 4.85. The van der Waals surface area contributed by atoms with Crippen LogP contribution in [0.5, 0.6) is 0 Å². The topological polar surface area (TPSA) is 75.3 Å². The smallest absolute Gasteiger partial charge is 0.244 e. The third-order valence-electron chi connectivity index (χ3n) is 3.45. The summed E-state index contributed by atoms with van der Waals surface area (Å²) in [6.07, 6.45) is 1.47. The number of rotatable bonds is 7. The van der Waals surface area contributed by atoms with Crippen LogP contribution in [0.2, 0.25) is 0 Å². The van der Waals surface area contributed by atoms with E-state index >= 15 is 0 Å². The van der Waals surface area contributed by atoms with Crippen molar-refractivity contribution in [1.29, 1.82) is 0 Å². The van der Waals surface area contributed by atoms with Gasteiger partial charge in [-0.2, -0.15) is 0 Å². The van der Waals surface area contributed by atoms with Gasteiger partial charge in [0.1, 0.15) is 5.82 Å². The summed E-state index contributed by atoms with van der Waals surface area (Å²) in [4.78, 5) is 11.7. The van der Waals surface area contributed by atoms with E-state index in [1.165, 1.54) is 36.4 Å². The number of carbonyl (C=O) groups is 1. The molecular weight excluding hydrogens is 355 g/mol. The van der Waals surface area contributed by atoms with E-state index in [2.05, 4.69) is 10.0 Å². The molecule has 138 valence electrons. The van der Waals surface area contributed by atoms with E-state index in [0.717, 1.165) is 5.57 Å². The van der Waals surface area contributed by atoms with Gasteiger partial charge >= 0.3 is 0 Å². The van der Waals surface area contributed by atoms with Gasteiger partial charge in [0.05, 0.1) is 4.90 Å². The van der Waals surface area contributed by atoms with Gasteiger partial charge in [0.25, 0.3) is 0 Å². The van der Waals surface area contributed by atoms with E-state index in [4.69, 9.17) is 0 Å². The minimum atomic E-state index is -3.75. The minimum absolute atomic E-state index is 0.0123. The Hall–Kier alpha value is -2.51. The molecule has 2 aromatic carbocycles. The molecule has 0 spiro atoms. The summed E-state index contributed by atoms with van der Waals surface area (Å²) in [6.45, 7) is 3.84. The van der Waals surface area contributed by atoms with E-state index < -0.39 is 15.8 Å². The van der Waals surface area contributed by atoms with Gasteiger partial charge in [0, 0.05) is 19.2 Å². The van der Waals surface area contributed by atoms with Crippen LogP contribution in [0.3, 0.4) is 0 Å². The molecule has 1 amide bonds. The lowest BCUT2D eigenvalue weighted by Gasteiger charge is -2.09. The Kier molecular flexibility index (Phi) is 6.65. The molecule has 2 aromatic rings. The van der Waals surface area contributed by atoms with Crippen molar-refractivity contribution in [3.8, 4) is 0 Å². The number of hydrogen-bond donors (Lipinski definition) is 2. The van der Waals surface area contributed by atoms with Gasteiger partial charge in [-0.15, -0.1) is 0 Å². The van der Waals surface area contributed by atoms with Crippen LogP contribution in [0, 0.1) is 5.82 Å². The summed E-state index contributed by atoms with van der Waals surface area (Å²) in [7, 11) is -3.75. The van der Waals surface area contributed by atoms with E-state index in [0.29, 0.717) is 11.1 Å². The first kappa shape index (κ1) is 19.8. The Morgan fingerprint density at radius 3 is 2.35 bits per heavy atom. The van der Waals surface area contributed by atoms with Crippen LogP contribution in [-0.2, 0) is 27.9 Å². The van der Waals surface area contributed by atoms with Gasteiger partial charge in [-0.25, -0.2) is 17.5 Å². The van der Waals surface area contributed by atoms with Crippen molar-refractivity contribution < 1.29 is 17.6 Å². The molecule has 0 fully saturated rings. The average molecular weight is 376 g/mol. The first-order chi connectivity index (χ1) is 12.3. The summed E-state index contributed by atoms with van der Waals surface area (Å²) in [5.74, 6) is -0.654. The van der Waals surface area contributed by atoms with Crippen molar-refractivity contribution in [1.82, 2.24) is 10.0 Å². The van der Waals surface area contributed by atoms with Crippen LogP contribution in [0.4, 0.5) is 4.39 Å². The molecule has 0 atom stereocenters. The van der Waals surface area contributed by atoms with Gasteiger partial charge in [-0.3, -0.25) is 4.79 Å². The fraction of sp³-hybridized carbons (Fsp3) is 0.211. The number of hydrogen-bond acceptors (Lipinski definition) is 3. The largest absolute Gasteiger partial charge is 0.348 e. The zero-order valence-electron chi connectivity index (χ0n) is 14.6. The van der Waals surface area contributed by atoms with E-state index in [9.17, 15) is 17.6 Å². The van der Waals surface area contributed by atoms with E-state index in [-0.39, 0.29) is 23.9 Å². The van der Waals surface area contributed by atoms with E-state index in [1.54, 1.807) is 18.2 Å². The zero-order chi connectivity index (χ0) is 19.2. The summed E-state index contributed by atoms with van der Waals surface area (Å²) < 4.78 is 40.5. The normalized spacial score (nSPS) is 11.0. The second kappa shape index (κ2) is 8.73. The number of halogens is 1. The molecule has 7 heteroatoms. The molecule has 0 aliphatic heterocycles. The third kappa shape index (κ3) is 6.09. The number of nitrogens with one attached hydrogen (secondary N) is 2. The van der Waals surface area contributed by atoms with Crippen LogP contribution in [0.25, 0.3) is 0 Å². The Labute approximate surface area is 153 Å². The monoisotopic (exact) mass is 376 g/mol. The maximum atomic E-state index is 13.2. The SMILES string of the molecule is CC(C)=CC(=O)NCc1cccc(S(=O)(=O)NCc2cccc(F)c2)c1. The number of amides is 1. The van der Waals surface area contributed by atoms with E-state index in [1.807, 2.05) is 13.8 Å². The summed E-state index contributed by atoms with van der Waals surface area (Å²) in [5.41, 5.74) is 2.06. The highest BCUT2D eigenvalue weighted by molar-refractivity contribution is 7.89. The molecule has 0 radical (unpaired) electrons. The van der Waals surface area contributed by atoms with Crippen LogP contribution < -0.4 is 10.0 Å². The quantitative estimate of drug-likeness (QED) is 0.730. The molecule has 0 saturated carbocycles. The van der Waals surface area contributed by atoms with Crippen molar-refractivity contribution in [3.63, 3.8) is 0 Å². The van der Waals surface area contributed by atoms with Crippen molar-refractivity contribution in [2.24, 2.45) is 0 Å². The molecule has 0 unspecified atom stereocenters. The highest BCUT2D eigenvalue weighted by Gasteiger charge is 2.14. The fourth-order valence-corrected chi connectivity index (χ4v) is 3.32. The van der Waals surface area contributed by atoms with Gasteiger partial charge in [-0.1, -0.05) is 29.8 Å². The van der Waals surface area contributed by atoms with Crippen LogP contribution in [-0.4, -0.2) is 14.3 Å². The van der Waals surface area contributed by atoms with Crippen LogP contribution in [0.1, 0.15) is 25.0 Å². The molecular formula is C19H21FN2O3S.